The summed E-state index contributed by atoms with van der Waals surface area (Å²) in [5, 5.41) is 0.573. The Balaban J connectivity index is 1.83. The third-order valence-corrected chi connectivity index (χ3v) is 4.55. The number of anilines is 1. The molecule has 28 heavy (non-hydrogen) atoms. The van der Waals surface area contributed by atoms with Gasteiger partial charge < -0.3 is 10.6 Å². The first kappa shape index (κ1) is 19.8. The summed E-state index contributed by atoms with van der Waals surface area (Å²) in [6.07, 6.45) is 1.54. The van der Waals surface area contributed by atoms with E-state index in [9.17, 15) is 18.0 Å². The molecule has 0 aliphatic carbocycles. The Morgan fingerprint density at radius 2 is 1.96 bits per heavy atom. The van der Waals surface area contributed by atoms with Gasteiger partial charge in [0, 0.05) is 43.4 Å². The van der Waals surface area contributed by atoms with E-state index in [1.165, 1.54) is 28.5 Å². The van der Waals surface area contributed by atoms with Crippen molar-refractivity contribution in [1.29, 1.82) is 0 Å². The zero-order valence-corrected chi connectivity index (χ0v) is 15.1. The van der Waals surface area contributed by atoms with Crippen molar-refractivity contribution in [3.05, 3.63) is 58.5 Å². The predicted octanol–water partition coefficient (Wildman–Crippen LogP) is 1.94. The van der Waals surface area contributed by atoms with Gasteiger partial charge in [0.25, 0.3) is 5.91 Å². The summed E-state index contributed by atoms with van der Waals surface area (Å²) in [6, 6.07) is 0. The van der Waals surface area contributed by atoms with Crippen molar-refractivity contribution in [2.75, 3.05) is 18.1 Å². The average Bonchev–Trinajstić information content (AvgIpc) is 2.67. The highest BCUT2D eigenvalue weighted by Crippen LogP contribution is 2.36. The van der Waals surface area contributed by atoms with Crippen molar-refractivity contribution in [3.63, 3.8) is 0 Å². The molecule has 0 saturated carbocycles. The molecule has 2 aromatic rings. The van der Waals surface area contributed by atoms with Crippen molar-refractivity contribution >= 4 is 23.3 Å². The number of nitrogens with two attached hydrogens (primary N) is 2. The molecule has 0 aromatic carbocycles. The summed E-state index contributed by atoms with van der Waals surface area (Å²) in [7, 11) is 0. The van der Waals surface area contributed by atoms with Gasteiger partial charge in [-0.25, -0.2) is 10.8 Å². The van der Waals surface area contributed by atoms with Crippen LogP contribution in [0.15, 0.2) is 42.4 Å². The van der Waals surface area contributed by atoms with E-state index in [1.807, 2.05) is 0 Å². The monoisotopic (exact) mass is 413 g/mol. The van der Waals surface area contributed by atoms with Crippen LogP contribution in [0.1, 0.15) is 22.3 Å². The minimum atomic E-state index is -4.72. The predicted molar refractivity (Wildman–Crippen MR) is 94.7 cm³/mol. The maximum Gasteiger partial charge on any atom is 0.419 e. The number of nitrogens with zero attached hydrogens (tertiary/aromatic N) is 5. The number of alkyl halides is 3. The highest BCUT2D eigenvalue weighted by molar-refractivity contribution is 6.34. The van der Waals surface area contributed by atoms with E-state index in [0.29, 0.717) is 17.7 Å². The number of hydrogen-bond acceptors (Lipinski definition) is 7. The van der Waals surface area contributed by atoms with Crippen LogP contribution in [0.4, 0.5) is 19.0 Å². The van der Waals surface area contributed by atoms with Gasteiger partial charge in [-0.15, -0.1) is 0 Å². The maximum atomic E-state index is 13.0. The Hall–Kier alpha value is -2.92. The van der Waals surface area contributed by atoms with Crippen LogP contribution in [0.5, 0.6) is 0 Å². The van der Waals surface area contributed by atoms with Crippen LogP contribution in [0.25, 0.3) is 0 Å². The maximum absolute atomic E-state index is 13.0. The first-order chi connectivity index (χ1) is 13.2. The normalized spacial score (nSPS) is 15.0. The van der Waals surface area contributed by atoms with E-state index in [2.05, 4.69) is 15.0 Å². The second-order valence-corrected chi connectivity index (χ2v) is 6.31. The lowest BCUT2D eigenvalue weighted by Gasteiger charge is -2.32. The van der Waals surface area contributed by atoms with E-state index in [1.54, 1.807) is 0 Å². The lowest BCUT2D eigenvalue weighted by Crippen LogP contribution is -2.44. The number of carbonyl (C=O) groups is 1. The molecule has 0 bridgehead atoms. The van der Waals surface area contributed by atoms with E-state index in [0.717, 1.165) is 6.20 Å². The lowest BCUT2D eigenvalue weighted by molar-refractivity contribution is -0.137. The molecule has 0 unspecified atom stereocenters. The fourth-order valence-corrected chi connectivity index (χ4v) is 3.03. The Bertz CT molecular complexity index is 920. The zero-order valence-electron chi connectivity index (χ0n) is 14.3. The van der Waals surface area contributed by atoms with Crippen LogP contribution in [0.2, 0.25) is 5.02 Å². The summed E-state index contributed by atoms with van der Waals surface area (Å²) >= 11 is 5.81. The number of amides is 1. The Morgan fingerprint density at radius 1 is 1.21 bits per heavy atom. The van der Waals surface area contributed by atoms with Gasteiger partial charge in [0.05, 0.1) is 34.6 Å². The Labute approximate surface area is 162 Å². The molecule has 1 amide bonds. The number of carbonyl (C=O) groups excluding carboxylic acids is 1. The van der Waals surface area contributed by atoms with Gasteiger partial charge in [-0.05, 0) is 0 Å². The quantitative estimate of drug-likeness (QED) is 0.583. The molecule has 0 atom stereocenters. The number of hydrogen-bond donors (Lipinski definition) is 2. The molecule has 3 heterocycles. The van der Waals surface area contributed by atoms with Gasteiger partial charge in [-0.1, -0.05) is 11.6 Å². The van der Waals surface area contributed by atoms with Gasteiger partial charge in [-0.2, -0.15) is 13.2 Å². The van der Waals surface area contributed by atoms with E-state index >= 15 is 0 Å². The van der Waals surface area contributed by atoms with Gasteiger partial charge >= 0.3 is 6.18 Å². The molecule has 1 aliphatic heterocycles. The number of rotatable bonds is 3. The van der Waals surface area contributed by atoms with Crippen LogP contribution >= 0.6 is 11.6 Å². The molecule has 2 aromatic heterocycles. The number of pyridine rings is 1. The van der Waals surface area contributed by atoms with Gasteiger partial charge in [0.2, 0.25) is 0 Å². The van der Waals surface area contributed by atoms with E-state index < -0.39 is 22.7 Å². The standard InChI is InChI=1S/C16H15ClF3N7O/c17-14-9(5-24-6-10(14)16(18,19)20)15(28)26-4-1-12(11(21)8-26)27(22)13-7-23-2-3-25-13/h2-3,5-7H,1,4,8,21-22H2. The van der Waals surface area contributed by atoms with Crippen molar-refractivity contribution < 1.29 is 18.0 Å². The molecule has 12 heteroatoms. The second-order valence-electron chi connectivity index (χ2n) is 5.93. The van der Waals surface area contributed by atoms with Gasteiger partial charge in [0.15, 0.2) is 5.82 Å². The number of aromatic nitrogens is 3. The fraction of sp³-hybridized carbons (Fsp3) is 0.250. The molecule has 0 fully saturated rings. The number of hydrazine groups is 1. The summed E-state index contributed by atoms with van der Waals surface area (Å²) in [5.41, 5.74) is 5.36. The van der Waals surface area contributed by atoms with E-state index in [-0.39, 0.29) is 30.8 Å². The average molecular weight is 414 g/mol. The van der Waals surface area contributed by atoms with Crippen molar-refractivity contribution in [1.82, 2.24) is 19.9 Å². The molecule has 0 saturated heterocycles. The number of halogens is 4. The SMILES string of the molecule is NC1=C(N(N)c2cnccn2)CCN(C(=O)c2cncc(C(F)(F)F)c2Cl)C1. The van der Waals surface area contributed by atoms with Crippen molar-refractivity contribution in [3.8, 4) is 0 Å². The first-order valence-electron chi connectivity index (χ1n) is 7.98. The molecule has 148 valence electrons. The lowest BCUT2D eigenvalue weighted by atomic mass is 10.1. The van der Waals surface area contributed by atoms with Crippen LogP contribution in [0.3, 0.4) is 0 Å². The third-order valence-electron chi connectivity index (χ3n) is 4.14. The largest absolute Gasteiger partial charge is 0.419 e. The van der Waals surface area contributed by atoms with Crippen LogP contribution in [-0.4, -0.2) is 38.8 Å². The van der Waals surface area contributed by atoms with Crippen LogP contribution in [0, 0.1) is 0 Å². The smallest absolute Gasteiger partial charge is 0.399 e. The Morgan fingerprint density at radius 3 is 2.57 bits per heavy atom. The summed E-state index contributed by atoms with van der Waals surface area (Å²) in [5.74, 6) is 5.68. The molecule has 8 nitrogen and oxygen atoms in total. The molecule has 0 radical (unpaired) electrons. The molecule has 1 aliphatic rings. The minimum absolute atomic E-state index is 0.0330. The molecular weight excluding hydrogens is 399 g/mol. The minimum Gasteiger partial charge on any atom is -0.399 e. The highest BCUT2D eigenvalue weighted by Gasteiger charge is 2.36. The molecule has 4 N–H and O–H groups in total. The summed E-state index contributed by atoms with van der Waals surface area (Å²) < 4.78 is 39.0. The molecule has 3 rings (SSSR count). The second kappa shape index (κ2) is 7.60. The fourth-order valence-electron chi connectivity index (χ4n) is 2.74. The van der Waals surface area contributed by atoms with E-state index in [4.69, 9.17) is 23.2 Å². The first-order valence-corrected chi connectivity index (χ1v) is 8.36. The topological polar surface area (TPSA) is 114 Å². The van der Waals surface area contributed by atoms with Gasteiger partial charge in [0.1, 0.15) is 0 Å². The van der Waals surface area contributed by atoms with Crippen molar-refractivity contribution in [2.45, 2.75) is 12.6 Å². The molecular formula is C16H15ClF3N7O. The third kappa shape index (κ3) is 3.85. The molecule has 0 spiro atoms. The van der Waals surface area contributed by atoms with Crippen molar-refractivity contribution in [2.24, 2.45) is 11.6 Å². The summed E-state index contributed by atoms with van der Waals surface area (Å²) in [4.78, 5) is 25.4. The Kier molecular flexibility index (Phi) is 5.38. The summed E-state index contributed by atoms with van der Waals surface area (Å²) in [6.45, 7) is 0.143. The van der Waals surface area contributed by atoms with Crippen LogP contribution in [-0.2, 0) is 6.18 Å². The van der Waals surface area contributed by atoms with Gasteiger partial charge in [-0.3, -0.25) is 19.8 Å². The zero-order chi connectivity index (χ0) is 20.5. The van der Waals surface area contributed by atoms with Crippen LogP contribution < -0.4 is 16.6 Å². The highest BCUT2D eigenvalue weighted by atomic mass is 35.5.